The number of fused-ring (bicyclic) bond motifs is 1. The van der Waals surface area contributed by atoms with Crippen LogP contribution in [0.1, 0.15) is 29.6 Å². The van der Waals surface area contributed by atoms with E-state index in [2.05, 4.69) is 5.10 Å². The van der Waals surface area contributed by atoms with Crippen LogP contribution in [0.3, 0.4) is 0 Å². The van der Waals surface area contributed by atoms with Gasteiger partial charge < -0.3 is 14.4 Å². The predicted molar refractivity (Wildman–Crippen MR) is 88.3 cm³/mol. The first-order valence-electron chi connectivity index (χ1n) is 8.49. The molecule has 4 rings (SSSR count). The highest BCUT2D eigenvalue weighted by Gasteiger charge is 2.28. The first-order valence-corrected chi connectivity index (χ1v) is 8.49. The zero-order valence-corrected chi connectivity index (χ0v) is 13.6. The highest BCUT2D eigenvalue weighted by Crippen LogP contribution is 2.32. The highest BCUT2D eigenvalue weighted by atomic mass is 16.6. The molecule has 0 aliphatic carbocycles. The third-order valence-electron chi connectivity index (χ3n) is 4.63. The number of amides is 1. The van der Waals surface area contributed by atoms with Crippen LogP contribution in [0.15, 0.2) is 36.7 Å². The van der Waals surface area contributed by atoms with E-state index in [1.807, 2.05) is 34.0 Å². The van der Waals surface area contributed by atoms with Crippen LogP contribution in [0, 0.1) is 0 Å². The molecule has 0 spiro atoms. The number of likely N-dealkylation sites (tertiary alicyclic amines) is 1. The Bertz CT molecular complexity index is 714. The largest absolute Gasteiger partial charge is 0.486 e. The van der Waals surface area contributed by atoms with Crippen LogP contribution in [-0.2, 0) is 6.54 Å². The van der Waals surface area contributed by atoms with Gasteiger partial charge in [-0.05, 0) is 43.5 Å². The standard InChI is InChI=1S/C18H21N3O3/c22-18(14-5-6-16-17(12-14)24-11-10-23-16)21-9-2-1-4-15(21)13-20-8-3-7-19-20/h3,5-8,12,15H,1-2,4,9-11,13H2/t15-/m1/s1. The van der Waals surface area contributed by atoms with Crippen molar-refractivity contribution in [1.82, 2.24) is 14.7 Å². The Hall–Kier alpha value is -2.50. The minimum atomic E-state index is 0.0591. The molecule has 0 bridgehead atoms. The Labute approximate surface area is 141 Å². The van der Waals surface area contributed by atoms with Gasteiger partial charge in [0.1, 0.15) is 13.2 Å². The molecule has 126 valence electrons. The van der Waals surface area contributed by atoms with Crippen molar-refractivity contribution in [3.05, 3.63) is 42.2 Å². The fourth-order valence-electron chi connectivity index (χ4n) is 3.42. The normalized spacial score (nSPS) is 20.0. The summed E-state index contributed by atoms with van der Waals surface area (Å²) in [6.07, 6.45) is 6.93. The number of carbonyl (C=O) groups excluding carboxylic acids is 1. The maximum absolute atomic E-state index is 13.0. The Morgan fingerprint density at radius 1 is 1.21 bits per heavy atom. The van der Waals surface area contributed by atoms with Crippen molar-refractivity contribution >= 4 is 5.91 Å². The van der Waals surface area contributed by atoms with E-state index in [1.165, 1.54) is 0 Å². The maximum Gasteiger partial charge on any atom is 0.254 e. The van der Waals surface area contributed by atoms with E-state index >= 15 is 0 Å². The topological polar surface area (TPSA) is 56.6 Å². The van der Waals surface area contributed by atoms with Gasteiger partial charge in [-0.25, -0.2) is 0 Å². The average Bonchev–Trinajstić information content (AvgIpc) is 3.14. The van der Waals surface area contributed by atoms with Gasteiger partial charge in [0.05, 0.1) is 12.6 Å². The van der Waals surface area contributed by atoms with Crippen LogP contribution >= 0.6 is 0 Å². The Morgan fingerprint density at radius 2 is 2.08 bits per heavy atom. The molecule has 6 heteroatoms. The molecule has 1 aromatic carbocycles. The molecule has 24 heavy (non-hydrogen) atoms. The summed E-state index contributed by atoms with van der Waals surface area (Å²) in [5, 5.41) is 4.28. The quantitative estimate of drug-likeness (QED) is 0.868. The van der Waals surface area contributed by atoms with Crippen LogP contribution in [0.5, 0.6) is 11.5 Å². The molecule has 0 saturated carbocycles. The Kier molecular flexibility index (Phi) is 4.11. The molecule has 1 atom stereocenters. The lowest BCUT2D eigenvalue weighted by Crippen LogP contribution is -2.46. The third-order valence-corrected chi connectivity index (χ3v) is 4.63. The van der Waals surface area contributed by atoms with E-state index in [0.29, 0.717) is 30.3 Å². The van der Waals surface area contributed by atoms with Gasteiger partial charge in [0.25, 0.3) is 5.91 Å². The summed E-state index contributed by atoms with van der Waals surface area (Å²) in [6, 6.07) is 7.55. The smallest absolute Gasteiger partial charge is 0.254 e. The number of hydrogen-bond donors (Lipinski definition) is 0. The first-order chi connectivity index (χ1) is 11.8. The van der Waals surface area contributed by atoms with E-state index in [-0.39, 0.29) is 11.9 Å². The SMILES string of the molecule is O=C(c1ccc2c(c1)OCCO2)N1CCCC[C@@H]1Cn1cccn1. The van der Waals surface area contributed by atoms with Crippen molar-refractivity contribution in [3.8, 4) is 11.5 Å². The van der Waals surface area contributed by atoms with Crippen LogP contribution in [0.4, 0.5) is 0 Å². The molecule has 2 aliphatic heterocycles. The first kappa shape index (κ1) is 15.1. The number of carbonyl (C=O) groups is 1. The molecule has 1 amide bonds. The predicted octanol–water partition coefficient (Wildman–Crippen LogP) is 2.35. The minimum absolute atomic E-state index is 0.0591. The van der Waals surface area contributed by atoms with Gasteiger partial charge in [0.15, 0.2) is 11.5 Å². The van der Waals surface area contributed by atoms with Crippen molar-refractivity contribution in [2.45, 2.75) is 31.8 Å². The van der Waals surface area contributed by atoms with Gasteiger partial charge in [-0.1, -0.05) is 0 Å². The molecule has 1 fully saturated rings. The molecular formula is C18H21N3O3. The Balaban J connectivity index is 1.55. The van der Waals surface area contributed by atoms with Crippen LogP contribution < -0.4 is 9.47 Å². The summed E-state index contributed by atoms with van der Waals surface area (Å²) in [4.78, 5) is 15.0. The number of nitrogens with zero attached hydrogens (tertiary/aromatic N) is 3. The zero-order valence-electron chi connectivity index (χ0n) is 13.6. The van der Waals surface area contributed by atoms with Crippen LogP contribution in [-0.4, -0.2) is 46.4 Å². The second-order valence-corrected chi connectivity index (χ2v) is 6.23. The second-order valence-electron chi connectivity index (χ2n) is 6.23. The van der Waals surface area contributed by atoms with Crippen molar-refractivity contribution in [2.75, 3.05) is 19.8 Å². The van der Waals surface area contributed by atoms with Gasteiger partial charge in [0.2, 0.25) is 0 Å². The fourth-order valence-corrected chi connectivity index (χ4v) is 3.42. The number of hydrogen-bond acceptors (Lipinski definition) is 4. The molecule has 2 aliphatic rings. The lowest BCUT2D eigenvalue weighted by Gasteiger charge is -2.36. The van der Waals surface area contributed by atoms with Crippen molar-refractivity contribution in [2.24, 2.45) is 0 Å². The van der Waals surface area contributed by atoms with Gasteiger partial charge in [0, 0.05) is 24.5 Å². The zero-order chi connectivity index (χ0) is 16.4. The highest BCUT2D eigenvalue weighted by molar-refractivity contribution is 5.95. The van der Waals surface area contributed by atoms with E-state index in [0.717, 1.165) is 32.4 Å². The summed E-state index contributed by atoms with van der Waals surface area (Å²) >= 11 is 0. The molecule has 0 radical (unpaired) electrons. The van der Waals surface area contributed by atoms with E-state index < -0.39 is 0 Å². The lowest BCUT2D eigenvalue weighted by molar-refractivity contribution is 0.0583. The van der Waals surface area contributed by atoms with Crippen molar-refractivity contribution in [1.29, 1.82) is 0 Å². The van der Waals surface area contributed by atoms with Gasteiger partial charge in [-0.15, -0.1) is 0 Å². The molecule has 0 unspecified atom stereocenters. The molecule has 2 aromatic rings. The summed E-state index contributed by atoms with van der Waals surface area (Å²) in [5.41, 5.74) is 0.659. The minimum Gasteiger partial charge on any atom is -0.486 e. The molecule has 3 heterocycles. The summed E-state index contributed by atoms with van der Waals surface area (Å²) < 4.78 is 13.0. The third kappa shape index (κ3) is 2.96. The van der Waals surface area contributed by atoms with Crippen molar-refractivity contribution in [3.63, 3.8) is 0 Å². The lowest BCUT2D eigenvalue weighted by atomic mass is 10.0. The average molecular weight is 327 g/mol. The van der Waals surface area contributed by atoms with Gasteiger partial charge >= 0.3 is 0 Å². The van der Waals surface area contributed by atoms with Crippen LogP contribution in [0.2, 0.25) is 0 Å². The Morgan fingerprint density at radius 3 is 2.92 bits per heavy atom. The van der Waals surface area contributed by atoms with E-state index in [1.54, 1.807) is 12.3 Å². The molecular weight excluding hydrogens is 306 g/mol. The fraction of sp³-hybridized carbons (Fsp3) is 0.444. The summed E-state index contributed by atoms with van der Waals surface area (Å²) in [7, 11) is 0. The van der Waals surface area contributed by atoms with Crippen LogP contribution in [0.25, 0.3) is 0 Å². The summed E-state index contributed by atoms with van der Waals surface area (Å²) in [5.74, 6) is 1.43. The van der Waals surface area contributed by atoms with E-state index in [4.69, 9.17) is 9.47 Å². The second kappa shape index (κ2) is 6.55. The molecule has 0 N–H and O–H groups in total. The monoisotopic (exact) mass is 327 g/mol. The number of aromatic nitrogens is 2. The molecule has 1 saturated heterocycles. The number of rotatable bonds is 3. The summed E-state index contributed by atoms with van der Waals surface area (Å²) in [6.45, 7) is 2.61. The van der Waals surface area contributed by atoms with E-state index in [9.17, 15) is 4.79 Å². The van der Waals surface area contributed by atoms with Crippen molar-refractivity contribution < 1.29 is 14.3 Å². The number of benzene rings is 1. The molecule has 1 aromatic heterocycles. The van der Waals surface area contributed by atoms with Gasteiger partial charge in [-0.3, -0.25) is 9.48 Å². The van der Waals surface area contributed by atoms with Gasteiger partial charge in [-0.2, -0.15) is 5.10 Å². The number of ether oxygens (including phenoxy) is 2. The maximum atomic E-state index is 13.0. The molecule has 6 nitrogen and oxygen atoms in total. The number of piperidine rings is 1.